The van der Waals surface area contributed by atoms with Crippen LogP contribution in [0.1, 0.15) is 92.9 Å². The van der Waals surface area contributed by atoms with Crippen molar-refractivity contribution in [2.45, 2.75) is 105 Å². The van der Waals surface area contributed by atoms with E-state index in [0.29, 0.717) is 12.3 Å². The van der Waals surface area contributed by atoms with Crippen LogP contribution in [0.3, 0.4) is 0 Å². The quantitative estimate of drug-likeness (QED) is 0.456. The second-order valence-electron chi connectivity index (χ2n) is 14.7. The fourth-order valence-corrected chi connectivity index (χ4v) is 10.1. The first-order chi connectivity index (χ1) is 15.7. The minimum absolute atomic E-state index is 0.00171. The maximum atomic E-state index is 11.7. The topological polar surface area (TPSA) is 80.9 Å². The Kier molecular flexibility index (Phi) is 5.46. The van der Waals surface area contributed by atoms with Gasteiger partial charge in [0.1, 0.15) is 0 Å². The Morgan fingerprint density at radius 3 is 2.21 bits per heavy atom. The van der Waals surface area contributed by atoms with Crippen LogP contribution in [-0.2, 0) is 0 Å². The molecular weight excluding hydrogens is 424 g/mol. The first-order valence-corrected chi connectivity index (χ1v) is 13.7. The van der Waals surface area contributed by atoms with E-state index in [9.17, 15) is 20.4 Å². The first-order valence-electron chi connectivity index (χ1n) is 13.7. The van der Waals surface area contributed by atoms with Crippen molar-refractivity contribution >= 4 is 0 Å². The predicted molar refractivity (Wildman–Crippen MR) is 135 cm³/mol. The van der Waals surface area contributed by atoms with Crippen LogP contribution in [0, 0.1) is 44.3 Å². The Bertz CT molecular complexity index is 921. The van der Waals surface area contributed by atoms with E-state index in [0.717, 1.165) is 44.9 Å². The lowest BCUT2D eigenvalue weighted by Crippen LogP contribution is -2.65. The number of hydrogen-bond donors (Lipinski definition) is 4. The molecule has 0 radical (unpaired) electrons. The van der Waals surface area contributed by atoms with Gasteiger partial charge in [0.15, 0.2) is 0 Å². The molecule has 0 aromatic heterocycles. The number of aliphatic hydroxyl groups is 4. The van der Waals surface area contributed by atoms with Gasteiger partial charge in [-0.1, -0.05) is 59.3 Å². The van der Waals surface area contributed by atoms with Crippen LogP contribution in [0.4, 0.5) is 0 Å². The van der Waals surface area contributed by atoms with Gasteiger partial charge < -0.3 is 20.4 Å². The molecule has 34 heavy (non-hydrogen) atoms. The monoisotopic (exact) mass is 472 g/mol. The average Bonchev–Trinajstić information content (AvgIpc) is 2.77. The summed E-state index contributed by atoms with van der Waals surface area (Å²) in [6, 6.07) is 0. The molecule has 0 amide bonds. The number of rotatable bonds is 2. The van der Waals surface area contributed by atoms with Crippen LogP contribution < -0.4 is 0 Å². The summed E-state index contributed by atoms with van der Waals surface area (Å²) in [6.07, 6.45) is 11.1. The molecule has 0 aromatic carbocycles. The van der Waals surface area contributed by atoms with E-state index in [-0.39, 0.29) is 40.8 Å². The molecule has 0 bridgehead atoms. The van der Waals surface area contributed by atoms with Gasteiger partial charge in [0, 0.05) is 16.2 Å². The largest absolute Gasteiger partial charge is 0.396 e. The zero-order valence-corrected chi connectivity index (χ0v) is 22.3. The van der Waals surface area contributed by atoms with Crippen LogP contribution in [-0.4, -0.2) is 45.8 Å². The molecule has 0 heterocycles. The van der Waals surface area contributed by atoms with Gasteiger partial charge in [-0.2, -0.15) is 0 Å². The minimum Gasteiger partial charge on any atom is -0.396 e. The van der Waals surface area contributed by atoms with E-state index in [2.05, 4.69) is 53.7 Å². The van der Waals surface area contributed by atoms with Gasteiger partial charge in [-0.3, -0.25) is 0 Å². The minimum atomic E-state index is -0.525. The van der Waals surface area contributed by atoms with E-state index >= 15 is 0 Å². The fraction of sp³-hybridized carbons (Fsp3) is 0.867. The van der Waals surface area contributed by atoms with Gasteiger partial charge in [0.2, 0.25) is 0 Å². The van der Waals surface area contributed by atoms with Gasteiger partial charge in [-0.25, -0.2) is 0 Å². The number of hydrogen-bond acceptors (Lipinski definition) is 4. The highest BCUT2D eigenvalue weighted by Crippen LogP contribution is 2.74. The maximum Gasteiger partial charge on any atom is 0.0664 e. The second-order valence-corrected chi connectivity index (χ2v) is 14.7. The Morgan fingerprint density at radius 2 is 1.56 bits per heavy atom. The molecule has 4 N–H and O–H groups in total. The van der Waals surface area contributed by atoms with Crippen molar-refractivity contribution in [3.8, 4) is 0 Å². The molecule has 0 aromatic rings. The predicted octanol–water partition coefficient (Wildman–Crippen LogP) is 5.00. The summed E-state index contributed by atoms with van der Waals surface area (Å²) in [6.45, 7) is 14.1. The summed E-state index contributed by atoms with van der Waals surface area (Å²) in [5, 5.41) is 43.6. The molecule has 3 fully saturated rings. The average molecular weight is 473 g/mol. The van der Waals surface area contributed by atoms with Gasteiger partial charge in [0.25, 0.3) is 0 Å². The highest BCUT2D eigenvalue weighted by atomic mass is 16.3. The van der Waals surface area contributed by atoms with E-state index in [1.165, 1.54) is 11.1 Å². The van der Waals surface area contributed by atoms with Gasteiger partial charge in [-0.05, 0) is 85.0 Å². The summed E-state index contributed by atoms with van der Waals surface area (Å²) in [5.74, 6) is 0.602. The third-order valence-corrected chi connectivity index (χ3v) is 12.7. The van der Waals surface area contributed by atoms with Crippen molar-refractivity contribution in [1.29, 1.82) is 0 Å². The third-order valence-electron chi connectivity index (χ3n) is 12.7. The Hall–Kier alpha value is -0.680. The normalized spacial score (nSPS) is 54.1. The molecular formula is C30H48O4. The van der Waals surface area contributed by atoms with Gasteiger partial charge >= 0.3 is 0 Å². The molecule has 5 aliphatic carbocycles. The SMILES string of the molecule is CC1(C)CC[C@]2(CO)C(=C3C=C[C@@H]4[C@]5(C)CC[C@H](O)[C@](C)(CO)[C@@H]5CC[C@]4(C)[C@]3(C)C[C@H]2O)C1. The van der Waals surface area contributed by atoms with E-state index in [4.69, 9.17) is 0 Å². The Labute approximate surface area is 206 Å². The zero-order valence-electron chi connectivity index (χ0n) is 22.3. The summed E-state index contributed by atoms with van der Waals surface area (Å²) in [5.41, 5.74) is 1.75. The molecule has 0 saturated heterocycles. The summed E-state index contributed by atoms with van der Waals surface area (Å²) < 4.78 is 0. The molecule has 4 heteroatoms. The molecule has 9 atom stereocenters. The Morgan fingerprint density at radius 1 is 0.853 bits per heavy atom. The molecule has 0 unspecified atom stereocenters. The molecule has 5 aliphatic rings. The fourth-order valence-electron chi connectivity index (χ4n) is 10.1. The van der Waals surface area contributed by atoms with Crippen LogP contribution in [0.2, 0.25) is 0 Å². The van der Waals surface area contributed by atoms with Crippen LogP contribution >= 0.6 is 0 Å². The lowest BCUT2D eigenvalue weighted by molar-refractivity contribution is -0.203. The lowest BCUT2D eigenvalue weighted by atomic mass is 9.35. The summed E-state index contributed by atoms with van der Waals surface area (Å²) in [7, 11) is 0. The first kappa shape index (κ1) is 25.0. The maximum absolute atomic E-state index is 11.7. The molecule has 5 rings (SSSR count). The van der Waals surface area contributed by atoms with E-state index in [1.54, 1.807) is 0 Å². The Balaban J connectivity index is 1.68. The van der Waals surface area contributed by atoms with Crippen LogP contribution in [0.5, 0.6) is 0 Å². The van der Waals surface area contributed by atoms with Gasteiger partial charge in [0.05, 0.1) is 25.4 Å². The number of allylic oxidation sites excluding steroid dienone is 3. The summed E-state index contributed by atoms with van der Waals surface area (Å²) in [4.78, 5) is 0. The van der Waals surface area contributed by atoms with Crippen molar-refractivity contribution in [1.82, 2.24) is 0 Å². The lowest BCUT2D eigenvalue weighted by Gasteiger charge is -2.70. The van der Waals surface area contributed by atoms with Crippen LogP contribution in [0.15, 0.2) is 23.3 Å². The van der Waals surface area contributed by atoms with Crippen LogP contribution in [0.25, 0.3) is 0 Å². The molecule has 3 saturated carbocycles. The van der Waals surface area contributed by atoms with Gasteiger partial charge in [-0.15, -0.1) is 0 Å². The molecule has 4 nitrogen and oxygen atoms in total. The second kappa shape index (κ2) is 7.43. The highest BCUT2D eigenvalue weighted by Gasteiger charge is 2.68. The van der Waals surface area contributed by atoms with E-state index < -0.39 is 23.0 Å². The number of aliphatic hydroxyl groups excluding tert-OH is 4. The zero-order chi connectivity index (χ0) is 24.9. The standard InChI is InChI=1S/C30H48O4/c1-25(2)13-14-30(18-32)20(15-25)19-7-8-22-26(3)11-10-23(33)27(4,17-31)21(26)9-12-28(22,5)29(19,6)16-24(30)34/h7-8,21-24,31-34H,9-18H2,1-6H3/t21-,22-,23+,24-,26-,27-,28+,29-,30+/m1/s1. The smallest absolute Gasteiger partial charge is 0.0664 e. The third kappa shape index (κ3) is 2.86. The molecule has 0 aliphatic heterocycles. The highest BCUT2D eigenvalue weighted by molar-refractivity contribution is 5.47. The number of fused-ring (bicyclic) bond motifs is 6. The van der Waals surface area contributed by atoms with Crippen molar-refractivity contribution in [3.05, 3.63) is 23.3 Å². The van der Waals surface area contributed by atoms with Crippen molar-refractivity contribution in [3.63, 3.8) is 0 Å². The summed E-state index contributed by atoms with van der Waals surface area (Å²) >= 11 is 0. The molecule has 0 spiro atoms. The van der Waals surface area contributed by atoms with E-state index in [1.807, 2.05) is 0 Å². The molecule has 192 valence electrons. The van der Waals surface area contributed by atoms with Crippen molar-refractivity contribution in [2.75, 3.05) is 13.2 Å². The van der Waals surface area contributed by atoms with Crippen molar-refractivity contribution < 1.29 is 20.4 Å². The van der Waals surface area contributed by atoms with Crippen molar-refractivity contribution in [2.24, 2.45) is 44.3 Å².